The molecule has 0 atom stereocenters. The molecule has 0 aliphatic carbocycles. The number of unbranched alkanes of at least 4 members (excludes halogenated alkanes) is 1. The Morgan fingerprint density at radius 2 is 1.35 bits per heavy atom. The first-order valence-corrected chi connectivity index (χ1v) is 7.34. The average molecular weight is 266 g/mol. The fraction of sp³-hybridized carbons (Fsp3) is 0.316. The Morgan fingerprint density at radius 3 is 1.75 bits per heavy atom. The van der Waals surface area contributed by atoms with E-state index in [-0.39, 0.29) is 0 Å². The lowest BCUT2D eigenvalue weighted by Gasteiger charge is -2.29. The molecule has 0 fully saturated rings. The summed E-state index contributed by atoms with van der Waals surface area (Å²) in [6.45, 7) is 4.17. The van der Waals surface area contributed by atoms with Crippen molar-refractivity contribution in [3.05, 3.63) is 71.8 Å². The predicted octanol–water partition coefficient (Wildman–Crippen LogP) is 4.75. The standard InChI is InChI=1S/C19H22O/c1-3-4-15-18(20)19(2,16-11-7-5-8-12-16)17-13-9-6-10-14-17/h5-14H,3-4,15H2,1-2H3. The molecule has 0 spiro atoms. The Morgan fingerprint density at radius 1 is 0.900 bits per heavy atom. The lowest BCUT2D eigenvalue weighted by Crippen LogP contribution is -2.33. The molecule has 2 aromatic rings. The van der Waals surface area contributed by atoms with E-state index < -0.39 is 5.41 Å². The van der Waals surface area contributed by atoms with Gasteiger partial charge in [-0.3, -0.25) is 4.79 Å². The van der Waals surface area contributed by atoms with E-state index in [9.17, 15) is 4.79 Å². The molecule has 1 heteroatoms. The third-order valence-electron chi connectivity index (χ3n) is 4.02. The van der Waals surface area contributed by atoms with E-state index >= 15 is 0 Å². The van der Waals surface area contributed by atoms with Crippen LogP contribution in [0.5, 0.6) is 0 Å². The fourth-order valence-corrected chi connectivity index (χ4v) is 2.62. The number of hydrogen-bond acceptors (Lipinski definition) is 1. The zero-order valence-electron chi connectivity index (χ0n) is 12.3. The van der Waals surface area contributed by atoms with Crippen LogP contribution in [0.1, 0.15) is 44.2 Å². The van der Waals surface area contributed by atoms with Gasteiger partial charge in [0.05, 0.1) is 5.41 Å². The van der Waals surface area contributed by atoms with Gasteiger partial charge in [0.2, 0.25) is 0 Å². The Hall–Kier alpha value is -1.89. The minimum absolute atomic E-state index is 0.303. The van der Waals surface area contributed by atoms with Gasteiger partial charge in [-0.05, 0) is 24.5 Å². The van der Waals surface area contributed by atoms with Gasteiger partial charge in [-0.1, -0.05) is 74.0 Å². The number of carbonyl (C=O) groups is 1. The Bertz CT molecular complexity index is 503. The fourth-order valence-electron chi connectivity index (χ4n) is 2.62. The van der Waals surface area contributed by atoms with Gasteiger partial charge in [0.15, 0.2) is 0 Å². The van der Waals surface area contributed by atoms with Crippen LogP contribution in [0.3, 0.4) is 0 Å². The first kappa shape index (κ1) is 14.5. The number of rotatable bonds is 6. The van der Waals surface area contributed by atoms with Crippen molar-refractivity contribution in [1.29, 1.82) is 0 Å². The van der Waals surface area contributed by atoms with Crippen LogP contribution in [-0.4, -0.2) is 5.78 Å². The van der Waals surface area contributed by atoms with Crippen LogP contribution in [0.4, 0.5) is 0 Å². The summed E-state index contributed by atoms with van der Waals surface area (Å²) in [5, 5.41) is 0. The van der Waals surface area contributed by atoms with Crippen molar-refractivity contribution >= 4 is 5.78 Å². The molecule has 0 bridgehead atoms. The van der Waals surface area contributed by atoms with Gasteiger partial charge in [-0.2, -0.15) is 0 Å². The van der Waals surface area contributed by atoms with Crippen molar-refractivity contribution in [1.82, 2.24) is 0 Å². The van der Waals surface area contributed by atoms with E-state index in [4.69, 9.17) is 0 Å². The first-order chi connectivity index (χ1) is 9.69. The average Bonchev–Trinajstić information content (AvgIpc) is 2.53. The van der Waals surface area contributed by atoms with Crippen LogP contribution in [0.2, 0.25) is 0 Å². The van der Waals surface area contributed by atoms with Crippen molar-refractivity contribution in [2.75, 3.05) is 0 Å². The third kappa shape index (κ3) is 2.82. The zero-order chi connectivity index (χ0) is 14.4. The highest BCUT2D eigenvalue weighted by Gasteiger charge is 2.35. The summed E-state index contributed by atoms with van der Waals surface area (Å²) in [6, 6.07) is 20.2. The maximum Gasteiger partial charge on any atom is 0.147 e. The molecule has 104 valence electrons. The van der Waals surface area contributed by atoms with Gasteiger partial charge in [0.25, 0.3) is 0 Å². The first-order valence-electron chi connectivity index (χ1n) is 7.34. The van der Waals surface area contributed by atoms with Crippen molar-refractivity contribution in [2.45, 2.75) is 38.5 Å². The van der Waals surface area contributed by atoms with Gasteiger partial charge in [0, 0.05) is 6.42 Å². The van der Waals surface area contributed by atoms with Crippen molar-refractivity contribution in [2.24, 2.45) is 0 Å². The van der Waals surface area contributed by atoms with E-state index in [1.165, 1.54) is 0 Å². The summed E-state index contributed by atoms with van der Waals surface area (Å²) in [5.74, 6) is 0.303. The van der Waals surface area contributed by atoms with E-state index in [2.05, 4.69) is 38.1 Å². The van der Waals surface area contributed by atoms with Crippen molar-refractivity contribution in [3.8, 4) is 0 Å². The highest BCUT2D eigenvalue weighted by molar-refractivity contribution is 5.93. The summed E-state index contributed by atoms with van der Waals surface area (Å²) in [7, 11) is 0. The molecule has 0 N–H and O–H groups in total. The number of Topliss-reactive ketones (excluding diaryl/α,β-unsaturated/α-hetero) is 1. The molecule has 1 nitrogen and oxygen atoms in total. The summed E-state index contributed by atoms with van der Waals surface area (Å²) in [6.07, 6.45) is 2.64. The molecule has 2 aromatic carbocycles. The van der Waals surface area contributed by atoms with Crippen LogP contribution >= 0.6 is 0 Å². The monoisotopic (exact) mass is 266 g/mol. The quantitative estimate of drug-likeness (QED) is 0.737. The molecule has 0 aliphatic rings. The Kier molecular flexibility index (Phi) is 4.73. The van der Waals surface area contributed by atoms with E-state index in [0.29, 0.717) is 12.2 Å². The lowest BCUT2D eigenvalue weighted by molar-refractivity contribution is -0.122. The second-order valence-corrected chi connectivity index (χ2v) is 5.38. The minimum Gasteiger partial charge on any atom is -0.298 e. The largest absolute Gasteiger partial charge is 0.298 e. The normalized spacial score (nSPS) is 11.3. The predicted molar refractivity (Wildman–Crippen MR) is 83.9 cm³/mol. The molecule has 0 saturated heterocycles. The molecular weight excluding hydrogens is 244 g/mol. The van der Waals surface area contributed by atoms with Gasteiger partial charge in [-0.15, -0.1) is 0 Å². The zero-order valence-corrected chi connectivity index (χ0v) is 12.3. The smallest absolute Gasteiger partial charge is 0.147 e. The van der Waals surface area contributed by atoms with E-state index in [1.807, 2.05) is 36.4 Å². The van der Waals surface area contributed by atoms with Crippen LogP contribution in [0.25, 0.3) is 0 Å². The molecule has 2 rings (SSSR count). The van der Waals surface area contributed by atoms with Gasteiger partial charge >= 0.3 is 0 Å². The molecule has 0 aromatic heterocycles. The highest BCUT2D eigenvalue weighted by atomic mass is 16.1. The number of benzene rings is 2. The third-order valence-corrected chi connectivity index (χ3v) is 4.02. The number of carbonyl (C=O) groups excluding carboxylic acids is 1. The summed E-state index contributed by atoms with van der Waals surface area (Å²) >= 11 is 0. The van der Waals surface area contributed by atoms with E-state index in [1.54, 1.807) is 0 Å². The van der Waals surface area contributed by atoms with Crippen molar-refractivity contribution < 1.29 is 4.79 Å². The second-order valence-electron chi connectivity index (χ2n) is 5.38. The van der Waals surface area contributed by atoms with Gasteiger partial charge < -0.3 is 0 Å². The highest BCUT2D eigenvalue weighted by Crippen LogP contribution is 2.34. The molecule has 0 unspecified atom stereocenters. The molecule has 0 aliphatic heterocycles. The molecule has 20 heavy (non-hydrogen) atoms. The van der Waals surface area contributed by atoms with Crippen LogP contribution in [-0.2, 0) is 10.2 Å². The second kappa shape index (κ2) is 6.51. The Balaban J connectivity index is 2.46. The van der Waals surface area contributed by atoms with Crippen molar-refractivity contribution in [3.63, 3.8) is 0 Å². The van der Waals surface area contributed by atoms with Crippen LogP contribution in [0.15, 0.2) is 60.7 Å². The lowest BCUT2D eigenvalue weighted by atomic mass is 9.72. The molecular formula is C19H22O. The molecule has 0 heterocycles. The SMILES string of the molecule is CCCCC(=O)C(C)(c1ccccc1)c1ccccc1. The maximum absolute atomic E-state index is 12.8. The number of ketones is 1. The van der Waals surface area contributed by atoms with Gasteiger partial charge in [0.1, 0.15) is 5.78 Å². The summed E-state index contributed by atoms with van der Waals surface area (Å²) in [4.78, 5) is 12.8. The number of hydrogen-bond donors (Lipinski definition) is 0. The van der Waals surface area contributed by atoms with Gasteiger partial charge in [-0.25, -0.2) is 0 Å². The van der Waals surface area contributed by atoms with E-state index in [0.717, 1.165) is 24.0 Å². The molecule has 0 saturated carbocycles. The minimum atomic E-state index is -0.544. The van der Waals surface area contributed by atoms with Crippen LogP contribution in [0, 0.1) is 0 Å². The van der Waals surface area contributed by atoms with Crippen LogP contribution < -0.4 is 0 Å². The summed E-state index contributed by atoms with van der Waals surface area (Å²) < 4.78 is 0. The summed E-state index contributed by atoms with van der Waals surface area (Å²) in [5.41, 5.74) is 1.61. The maximum atomic E-state index is 12.8. The topological polar surface area (TPSA) is 17.1 Å². The molecule has 0 radical (unpaired) electrons. The molecule has 0 amide bonds. The Labute approximate surface area is 121 Å².